The van der Waals surface area contributed by atoms with Crippen LogP contribution in [0.15, 0.2) is 243 Å². The van der Waals surface area contributed by atoms with E-state index in [-0.39, 0.29) is 0 Å². The monoisotopic (exact) mass is 780 g/mol. The first-order valence-electron chi connectivity index (χ1n) is 20.8. The number of hydrogen-bond donors (Lipinski definition) is 0. The van der Waals surface area contributed by atoms with Gasteiger partial charge < -0.3 is 14.5 Å². The van der Waals surface area contributed by atoms with E-state index < -0.39 is 0 Å². The van der Waals surface area contributed by atoms with Crippen LogP contribution >= 0.6 is 0 Å². The lowest BCUT2D eigenvalue weighted by atomic mass is 9.88. The van der Waals surface area contributed by atoms with Gasteiger partial charge in [-0.25, -0.2) is 0 Å². The zero-order valence-corrected chi connectivity index (χ0v) is 33.4. The number of benzene rings is 10. The van der Waals surface area contributed by atoms with Gasteiger partial charge in [0, 0.05) is 44.8 Å². The fourth-order valence-corrected chi connectivity index (χ4v) is 8.79. The number of rotatable bonds is 9. The Labute approximate surface area is 356 Å². The highest BCUT2D eigenvalue weighted by atomic mass is 16.5. The van der Waals surface area contributed by atoms with Crippen LogP contribution in [-0.4, -0.2) is 0 Å². The lowest BCUT2D eigenvalue weighted by Crippen LogP contribution is -2.11. The summed E-state index contributed by atoms with van der Waals surface area (Å²) in [6, 6.07) is 86.3. The third kappa shape index (κ3) is 6.69. The zero-order chi connectivity index (χ0) is 40.5. The molecule has 0 spiro atoms. The Kier molecular flexibility index (Phi) is 9.18. The maximum absolute atomic E-state index is 6.79. The molecule has 0 amide bonds. The van der Waals surface area contributed by atoms with Gasteiger partial charge in [0.2, 0.25) is 0 Å². The molecule has 0 aromatic heterocycles. The van der Waals surface area contributed by atoms with E-state index in [9.17, 15) is 0 Å². The molecule has 0 saturated carbocycles. The second-order valence-corrected chi connectivity index (χ2v) is 15.3. The van der Waals surface area contributed by atoms with E-state index in [4.69, 9.17) is 4.74 Å². The van der Waals surface area contributed by atoms with Gasteiger partial charge in [-0.15, -0.1) is 0 Å². The van der Waals surface area contributed by atoms with Crippen molar-refractivity contribution >= 4 is 44.9 Å². The first-order valence-corrected chi connectivity index (χ1v) is 20.8. The fraction of sp³-hybridized carbons (Fsp3) is 0. The molecular weight excluding hydrogens is 741 g/mol. The molecule has 288 valence electrons. The molecule has 0 aliphatic carbocycles. The van der Waals surface area contributed by atoms with Gasteiger partial charge in [0.25, 0.3) is 0 Å². The molecule has 61 heavy (non-hydrogen) atoms. The quantitative estimate of drug-likeness (QED) is 0.145. The van der Waals surface area contributed by atoms with Crippen LogP contribution in [0, 0.1) is 0 Å². The minimum absolute atomic E-state index is 0.857. The van der Waals surface area contributed by atoms with Crippen molar-refractivity contribution in [2.24, 2.45) is 0 Å². The number of hydrogen-bond acceptors (Lipinski definition) is 3. The van der Waals surface area contributed by atoms with Crippen LogP contribution in [0.1, 0.15) is 0 Å². The van der Waals surface area contributed by atoms with Gasteiger partial charge in [-0.2, -0.15) is 0 Å². The predicted molar refractivity (Wildman–Crippen MR) is 255 cm³/mol. The Morgan fingerprint density at radius 3 is 1.21 bits per heavy atom. The lowest BCUT2D eigenvalue weighted by molar-refractivity contribution is 0.487. The van der Waals surface area contributed by atoms with Gasteiger partial charge in [-0.05, 0) is 118 Å². The molecule has 0 radical (unpaired) electrons. The van der Waals surface area contributed by atoms with E-state index in [0.717, 1.165) is 78.6 Å². The lowest BCUT2D eigenvalue weighted by Gasteiger charge is -2.29. The maximum Gasteiger partial charge on any atom is 0.136 e. The van der Waals surface area contributed by atoms with Gasteiger partial charge >= 0.3 is 0 Å². The molecule has 1 heterocycles. The van der Waals surface area contributed by atoms with Gasteiger partial charge in [-0.3, -0.25) is 0 Å². The minimum atomic E-state index is 0.857. The van der Waals surface area contributed by atoms with Gasteiger partial charge in [0.15, 0.2) is 0 Å². The molecular formula is C58H40N2O. The van der Waals surface area contributed by atoms with Crippen molar-refractivity contribution in [1.29, 1.82) is 0 Å². The van der Waals surface area contributed by atoms with Crippen LogP contribution in [0.4, 0.5) is 34.1 Å². The first-order chi connectivity index (χ1) is 30.3. The summed E-state index contributed by atoms with van der Waals surface area (Å²) in [4.78, 5) is 4.67. The molecule has 0 bridgehead atoms. The summed E-state index contributed by atoms with van der Waals surface area (Å²) in [6.07, 6.45) is 0. The SMILES string of the molecule is c1ccc(-c2ccc(N(c3ccc(-c4ccccc4)cc3)c3ccc(-c4cccc5c4-c4cccc6c(N(c7ccccc7)c7ccccc7)ccc(c46)O5)cc3)cc2)cc1. The van der Waals surface area contributed by atoms with E-state index in [1.54, 1.807) is 0 Å². The van der Waals surface area contributed by atoms with E-state index in [1.807, 2.05) is 0 Å². The molecule has 10 aromatic carbocycles. The Balaban J connectivity index is 0.996. The molecule has 11 rings (SSSR count). The summed E-state index contributed by atoms with van der Waals surface area (Å²) in [5, 5.41) is 2.24. The number of anilines is 6. The molecule has 0 N–H and O–H groups in total. The molecule has 3 heteroatoms. The highest BCUT2D eigenvalue weighted by Gasteiger charge is 2.26. The standard InChI is InChI=1S/C58H40N2O/c1-5-15-41(16-6-1)43-27-33-48(34-28-43)59(49-35-29-44(30-36-49)42-17-7-2-8-18-42)50-37-31-45(32-38-50)51-23-14-26-55-57(51)53-25-13-24-52-54(39-40-56(61-55)58(52)53)60(46-19-9-3-10-20-46)47-21-11-4-12-22-47/h1-40H. The van der Waals surface area contributed by atoms with Crippen molar-refractivity contribution in [1.82, 2.24) is 0 Å². The Hall–Kier alpha value is -8.14. The molecule has 0 unspecified atom stereocenters. The van der Waals surface area contributed by atoms with Crippen LogP contribution in [0.2, 0.25) is 0 Å². The average Bonchev–Trinajstić information content (AvgIpc) is 3.34. The topological polar surface area (TPSA) is 15.7 Å². The summed E-state index contributed by atoms with van der Waals surface area (Å²) in [6.45, 7) is 0. The van der Waals surface area contributed by atoms with Gasteiger partial charge in [-0.1, -0.05) is 164 Å². The molecule has 3 nitrogen and oxygen atoms in total. The van der Waals surface area contributed by atoms with Crippen molar-refractivity contribution in [3.05, 3.63) is 243 Å². The Morgan fingerprint density at radius 2 is 0.689 bits per heavy atom. The highest BCUT2D eigenvalue weighted by Crippen LogP contribution is 2.53. The van der Waals surface area contributed by atoms with Crippen LogP contribution < -0.4 is 14.5 Å². The molecule has 1 aliphatic rings. The summed E-state index contributed by atoms with van der Waals surface area (Å²) >= 11 is 0. The number of nitrogens with zero attached hydrogens (tertiary/aromatic N) is 2. The van der Waals surface area contributed by atoms with E-state index in [1.165, 1.54) is 22.3 Å². The second-order valence-electron chi connectivity index (χ2n) is 15.3. The highest BCUT2D eigenvalue weighted by molar-refractivity contribution is 6.12. The third-order valence-electron chi connectivity index (χ3n) is 11.7. The first kappa shape index (κ1) is 36.0. The normalized spacial score (nSPS) is 11.4. The largest absolute Gasteiger partial charge is 0.456 e. The summed E-state index contributed by atoms with van der Waals surface area (Å²) in [7, 11) is 0. The van der Waals surface area contributed by atoms with Crippen LogP contribution in [0.5, 0.6) is 11.5 Å². The van der Waals surface area contributed by atoms with Crippen molar-refractivity contribution in [3.8, 4) is 56.0 Å². The molecule has 10 aromatic rings. The number of fused-ring (bicyclic) bond motifs is 2. The van der Waals surface area contributed by atoms with Crippen molar-refractivity contribution < 1.29 is 4.74 Å². The smallest absolute Gasteiger partial charge is 0.136 e. The second kappa shape index (κ2) is 15.6. The molecule has 0 atom stereocenters. The average molecular weight is 781 g/mol. The van der Waals surface area contributed by atoms with E-state index in [2.05, 4.69) is 252 Å². The predicted octanol–water partition coefficient (Wildman–Crippen LogP) is 16.6. The maximum atomic E-state index is 6.79. The number of ether oxygens (including phenoxy) is 1. The fourth-order valence-electron chi connectivity index (χ4n) is 8.79. The van der Waals surface area contributed by atoms with Gasteiger partial charge in [0.1, 0.15) is 11.5 Å². The van der Waals surface area contributed by atoms with Crippen molar-refractivity contribution in [2.75, 3.05) is 9.80 Å². The van der Waals surface area contributed by atoms with Crippen molar-refractivity contribution in [3.63, 3.8) is 0 Å². The van der Waals surface area contributed by atoms with Gasteiger partial charge in [0.05, 0.1) is 5.69 Å². The molecule has 0 fully saturated rings. The summed E-state index contributed by atoms with van der Waals surface area (Å²) < 4.78 is 6.79. The molecule has 0 saturated heterocycles. The van der Waals surface area contributed by atoms with E-state index in [0.29, 0.717) is 0 Å². The van der Waals surface area contributed by atoms with E-state index >= 15 is 0 Å². The Morgan fingerprint density at radius 1 is 0.262 bits per heavy atom. The van der Waals surface area contributed by atoms with Crippen molar-refractivity contribution in [2.45, 2.75) is 0 Å². The van der Waals surface area contributed by atoms with Crippen LogP contribution in [-0.2, 0) is 0 Å². The molecule has 1 aliphatic heterocycles. The number of para-hydroxylation sites is 2. The third-order valence-corrected chi connectivity index (χ3v) is 11.7. The summed E-state index contributed by atoms with van der Waals surface area (Å²) in [5.74, 6) is 1.72. The van der Waals surface area contributed by atoms with Crippen LogP contribution in [0.3, 0.4) is 0 Å². The minimum Gasteiger partial charge on any atom is -0.456 e. The Bertz CT molecular complexity index is 2990. The van der Waals surface area contributed by atoms with Crippen LogP contribution in [0.25, 0.3) is 55.3 Å². The summed E-state index contributed by atoms with van der Waals surface area (Å²) in [5.41, 5.74) is 15.8. The zero-order valence-electron chi connectivity index (χ0n) is 33.4.